The summed E-state index contributed by atoms with van der Waals surface area (Å²) in [5.74, 6) is -0.392. The van der Waals surface area contributed by atoms with E-state index < -0.39 is 6.61 Å². The van der Waals surface area contributed by atoms with Gasteiger partial charge in [0.25, 0.3) is 5.91 Å². The normalized spacial score (nSPS) is 21.4. The molecule has 6 heteroatoms. The summed E-state index contributed by atoms with van der Waals surface area (Å²) in [6.07, 6.45) is 0.691. The van der Waals surface area contributed by atoms with E-state index in [1.807, 2.05) is 13.8 Å². The number of para-hydroxylation sites is 1. The second kappa shape index (κ2) is 5.97. The summed E-state index contributed by atoms with van der Waals surface area (Å²) < 4.78 is 29.3. The van der Waals surface area contributed by atoms with E-state index in [0.29, 0.717) is 19.5 Å². The van der Waals surface area contributed by atoms with E-state index >= 15 is 0 Å². The van der Waals surface area contributed by atoms with Crippen molar-refractivity contribution in [3.8, 4) is 5.75 Å². The van der Waals surface area contributed by atoms with E-state index in [2.05, 4.69) is 4.74 Å². The minimum Gasteiger partial charge on any atom is -0.434 e. The first-order valence-corrected chi connectivity index (χ1v) is 6.90. The third kappa shape index (κ3) is 3.50. The average molecular weight is 298 g/mol. The first-order chi connectivity index (χ1) is 9.81. The highest BCUT2D eigenvalue weighted by molar-refractivity contribution is 5.97. The monoisotopic (exact) mass is 298 g/mol. The number of hydrogen-bond donors (Lipinski definition) is 1. The predicted molar refractivity (Wildman–Crippen MR) is 75.4 cm³/mol. The number of nitrogens with zero attached hydrogens (tertiary/aromatic N) is 1. The molecule has 2 rings (SSSR count). The highest BCUT2D eigenvalue weighted by atomic mass is 19.3. The molecule has 1 saturated heterocycles. The number of ether oxygens (including phenoxy) is 1. The van der Waals surface area contributed by atoms with E-state index in [1.54, 1.807) is 17.0 Å². The van der Waals surface area contributed by atoms with Crippen LogP contribution in [-0.2, 0) is 0 Å². The lowest BCUT2D eigenvalue weighted by Gasteiger charge is -2.42. The van der Waals surface area contributed by atoms with E-state index in [1.165, 1.54) is 12.1 Å². The molecule has 1 atom stereocenters. The number of likely N-dealkylation sites (tertiary alicyclic amines) is 1. The first kappa shape index (κ1) is 15.7. The van der Waals surface area contributed by atoms with Crippen LogP contribution < -0.4 is 10.5 Å². The van der Waals surface area contributed by atoms with Crippen molar-refractivity contribution < 1.29 is 18.3 Å². The number of carbonyl (C=O) groups is 1. The Hall–Kier alpha value is -1.69. The highest BCUT2D eigenvalue weighted by Gasteiger charge is 2.36. The molecule has 1 amide bonds. The minimum absolute atomic E-state index is 0.0223. The quantitative estimate of drug-likeness (QED) is 0.932. The van der Waals surface area contributed by atoms with Gasteiger partial charge in [0.05, 0.1) is 5.56 Å². The van der Waals surface area contributed by atoms with Crippen molar-refractivity contribution in [1.29, 1.82) is 0 Å². The molecular formula is C15H20F2N2O2. The molecule has 0 spiro atoms. The van der Waals surface area contributed by atoms with Crippen molar-refractivity contribution in [2.24, 2.45) is 11.1 Å². The minimum atomic E-state index is -2.95. The zero-order valence-corrected chi connectivity index (χ0v) is 12.2. The van der Waals surface area contributed by atoms with Crippen LogP contribution in [0.25, 0.3) is 0 Å². The first-order valence-electron chi connectivity index (χ1n) is 6.90. The van der Waals surface area contributed by atoms with Gasteiger partial charge in [0, 0.05) is 19.1 Å². The van der Waals surface area contributed by atoms with Gasteiger partial charge >= 0.3 is 6.61 Å². The van der Waals surface area contributed by atoms with Crippen LogP contribution in [0, 0.1) is 5.41 Å². The van der Waals surface area contributed by atoms with Gasteiger partial charge in [-0.3, -0.25) is 4.79 Å². The zero-order valence-electron chi connectivity index (χ0n) is 12.2. The van der Waals surface area contributed by atoms with Crippen LogP contribution in [0.5, 0.6) is 5.75 Å². The number of alkyl halides is 2. The maximum Gasteiger partial charge on any atom is 0.387 e. The smallest absolute Gasteiger partial charge is 0.387 e. The van der Waals surface area contributed by atoms with E-state index in [-0.39, 0.29) is 28.7 Å². The van der Waals surface area contributed by atoms with E-state index in [4.69, 9.17) is 5.73 Å². The number of piperidine rings is 1. The summed E-state index contributed by atoms with van der Waals surface area (Å²) in [6.45, 7) is 2.06. The van der Waals surface area contributed by atoms with Crippen LogP contribution in [0.2, 0.25) is 0 Å². The second-order valence-electron chi connectivity index (χ2n) is 5.99. The Balaban J connectivity index is 2.21. The van der Waals surface area contributed by atoms with Crippen molar-refractivity contribution >= 4 is 5.91 Å². The summed E-state index contributed by atoms with van der Waals surface area (Å²) in [7, 11) is 0. The summed E-state index contributed by atoms with van der Waals surface area (Å²) in [5, 5.41) is 0. The van der Waals surface area contributed by atoms with Crippen LogP contribution in [-0.4, -0.2) is 36.5 Å². The topological polar surface area (TPSA) is 55.6 Å². The molecule has 0 aliphatic carbocycles. The summed E-state index contributed by atoms with van der Waals surface area (Å²) in [4.78, 5) is 14.2. The van der Waals surface area contributed by atoms with Gasteiger partial charge in [0.2, 0.25) is 0 Å². The Bertz CT molecular complexity index is 520. The largest absolute Gasteiger partial charge is 0.434 e. The lowest BCUT2D eigenvalue weighted by molar-refractivity contribution is -0.0503. The highest BCUT2D eigenvalue weighted by Crippen LogP contribution is 2.30. The summed E-state index contributed by atoms with van der Waals surface area (Å²) in [6, 6.07) is 6.09. The molecule has 4 nitrogen and oxygen atoms in total. The van der Waals surface area contributed by atoms with Crippen LogP contribution in [0.4, 0.5) is 8.78 Å². The van der Waals surface area contributed by atoms with Gasteiger partial charge in [-0.15, -0.1) is 0 Å². The molecule has 1 unspecified atom stereocenters. The summed E-state index contributed by atoms with van der Waals surface area (Å²) >= 11 is 0. The molecule has 1 fully saturated rings. The van der Waals surface area contributed by atoms with Gasteiger partial charge < -0.3 is 15.4 Å². The van der Waals surface area contributed by atoms with E-state index in [0.717, 1.165) is 0 Å². The molecule has 1 aliphatic rings. The number of rotatable bonds is 3. The third-order valence-electron chi connectivity index (χ3n) is 3.93. The molecular weight excluding hydrogens is 278 g/mol. The average Bonchev–Trinajstić information content (AvgIpc) is 2.41. The summed E-state index contributed by atoms with van der Waals surface area (Å²) in [5.41, 5.74) is 6.00. The Morgan fingerprint density at radius 3 is 2.71 bits per heavy atom. The molecule has 0 saturated carbocycles. The predicted octanol–water partition coefficient (Wildman–Crippen LogP) is 2.49. The maximum atomic E-state index is 12.6. The Morgan fingerprint density at radius 2 is 2.10 bits per heavy atom. The SMILES string of the molecule is CC1(C)CN(C(=O)c2ccccc2OC(F)F)CCC1N. The van der Waals surface area contributed by atoms with Crippen molar-refractivity contribution in [2.45, 2.75) is 32.9 Å². The van der Waals surface area contributed by atoms with Crippen molar-refractivity contribution in [1.82, 2.24) is 4.90 Å². The molecule has 1 aliphatic heterocycles. The van der Waals surface area contributed by atoms with Crippen molar-refractivity contribution in [2.75, 3.05) is 13.1 Å². The van der Waals surface area contributed by atoms with E-state index in [9.17, 15) is 13.6 Å². The van der Waals surface area contributed by atoms with Crippen LogP contribution in [0.1, 0.15) is 30.6 Å². The Morgan fingerprint density at radius 1 is 1.43 bits per heavy atom. The van der Waals surface area contributed by atoms with Gasteiger partial charge in [-0.2, -0.15) is 8.78 Å². The van der Waals surface area contributed by atoms with Crippen LogP contribution >= 0.6 is 0 Å². The lowest BCUT2D eigenvalue weighted by atomic mass is 9.79. The molecule has 1 aromatic carbocycles. The molecule has 0 bridgehead atoms. The Labute approximate surface area is 122 Å². The van der Waals surface area contributed by atoms with Crippen LogP contribution in [0.3, 0.4) is 0 Å². The molecule has 1 heterocycles. The fourth-order valence-electron chi connectivity index (χ4n) is 2.56. The Kier molecular flexibility index (Phi) is 4.46. The number of halogens is 2. The molecule has 116 valence electrons. The second-order valence-corrected chi connectivity index (χ2v) is 5.99. The lowest BCUT2D eigenvalue weighted by Crippen LogP contribution is -2.54. The fourth-order valence-corrected chi connectivity index (χ4v) is 2.56. The van der Waals surface area contributed by atoms with Gasteiger partial charge in [0.1, 0.15) is 5.75 Å². The maximum absolute atomic E-state index is 12.6. The number of amides is 1. The number of nitrogens with two attached hydrogens (primary N) is 1. The van der Waals surface area contributed by atoms with Gasteiger partial charge in [0.15, 0.2) is 0 Å². The van der Waals surface area contributed by atoms with Gasteiger partial charge in [-0.05, 0) is 24.0 Å². The molecule has 21 heavy (non-hydrogen) atoms. The van der Waals surface area contributed by atoms with Gasteiger partial charge in [-0.1, -0.05) is 26.0 Å². The molecule has 1 aromatic rings. The number of benzene rings is 1. The van der Waals surface area contributed by atoms with Crippen LogP contribution in [0.15, 0.2) is 24.3 Å². The number of carbonyl (C=O) groups excluding carboxylic acids is 1. The molecule has 0 radical (unpaired) electrons. The van der Waals surface area contributed by atoms with Gasteiger partial charge in [-0.25, -0.2) is 0 Å². The number of hydrogen-bond acceptors (Lipinski definition) is 3. The van der Waals surface area contributed by atoms with Crippen molar-refractivity contribution in [3.63, 3.8) is 0 Å². The third-order valence-corrected chi connectivity index (χ3v) is 3.93. The fraction of sp³-hybridized carbons (Fsp3) is 0.533. The molecule has 0 aromatic heterocycles. The standard InChI is InChI=1S/C15H20F2N2O2/c1-15(2)9-19(8-7-12(15)18)13(20)10-5-3-4-6-11(10)21-14(16)17/h3-6,12,14H,7-9,18H2,1-2H3. The van der Waals surface area contributed by atoms with Crippen molar-refractivity contribution in [3.05, 3.63) is 29.8 Å². The molecule has 2 N–H and O–H groups in total. The zero-order chi connectivity index (χ0) is 15.6.